The topological polar surface area (TPSA) is 264 Å². The lowest BCUT2D eigenvalue weighted by Crippen LogP contribution is -2.48. The lowest BCUT2D eigenvalue weighted by Gasteiger charge is -2.35. The van der Waals surface area contributed by atoms with E-state index in [0.29, 0.717) is 83.5 Å². The van der Waals surface area contributed by atoms with Crippen LogP contribution in [0.1, 0.15) is 81.7 Å². The molecule has 130 heavy (non-hydrogen) atoms. The van der Waals surface area contributed by atoms with Crippen LogP contribution >= 0.6 is 0 Å². The zero-order chi connectivity index (χ0) is 108. The Morgan fingerprint density at radius 3 is 0.877 bits per heavy atom. The highest BCUT2D eigenvalue weighted by Gasteiger charge is 2.37. The Morgan fingerprint density at radius 2 is 0.623 bits per heavy atom. The number of nitrogen functional groups attached to an aromatic ring is 1. The maximum atomic E-state index is 13.0. The van der Waals surface area contributed by atoms with Crippen LogP contribution in [0.15, 0.2) is 94.5 Å². The molecular weight excluding hydrogens is 2050 g/mol. The second-order valence-corrected chi connectivity index (χ2v) is 16.1. The molecule has 6 aromatic heterocycles. The van der Waals surface area contributed by atoms with Crippen molar-refractivity contribution in [1.29, 1.82) is 0 Å². The number of pyridine rings is 2. The van der Waals surface area contributed by atoms with Crippen molar-refractivity contribution in [2.75, 3.05) is 51.4 Å². The van der Waals surface area contributed by atoms with Crippen LogP contribution in [0.4, 0.5) is 300 Å². The number of nitrogens with one attached hydrogen (secondary N) is 1. The Labute approximate surface area is 677 Å². The number of aromatic carboxylic acids is 1. The van der Waals surface area contributed by atoms with Gasteiger partial charge in [0.2, 0.25) is 23.4 Å². The summed E-state index contributed by atoms with van der Waals surface area (Å²) in [4.78, 5) is 66.8. The smallest absolute Gasteiger partial charge is 0.409 e. The standard InChI is InChI=1S/C23H22N6O4.C14H16N4O3.C9H8N2O2.2CH4.30F2.FH/c1-13-6-7-29-18(10-24-19(29)8-13)21(30)25-17-9-15(5-4-14(17)2)20-26-22(33-27-20)16-11-28(12-16)23(31)32-3;1-8-3-4-9(5-11(8)15)12-16-13(21-17-12)10-6-18(7-10)14(19)20-2;1-6-2-3-11-7(9(12)13)5-10-8(11)4-6;;;30*1-2;/h4-10,16H,11-12H2,1-3H3,(H,25,30);3-5,10H,6-7,15H2,1-2H3;2-5H,1H3,(H,12,13);2*1H4;;;;;;;;;;;;;;;;;;;;;;;;;;;;;;;1H. The number of ether oxygens (including phenoxy) is 2. The molecule has 2 aliphatic heterocycles. The van der Waals surface area contributed by atoms with E-state index in [1.165, 1.54) is 20.4 Å². The normalized spacial score (nSPS) is 8.32. The van der Waals surface area contributed by atoms with E-state index in [0.717, 1.165) is 27.8 Å². The highest BCUT2D eigenvalue weighted by Crippen LogP contribution is 2.31. The first-order valence-corrected chi connectivity index (χ1v) is 25.2. The summed E-state index contributed by atoms with van der Waals surface area (Å²) in [5.41, 5.74) is 14.8. The Hall–Kier alpha value is -12.9. The number of hydrogen-bond acceptors (Lipinski definition) is 15. The number of hydrogen-bond donors (Lipinski definition) is 3. The Kier molecular flexibility index (Phi) is 254. The van der Waals surface area contributed by atoms with Crippen LogP contribution in [0.25, 0.3) is 34.1 Å². The van der Waals surface area contributed by atoms with Gasteiger partial charge in [0.25, 0.3) is 5.91 Å². The number of anilines is 2. The molecule has 2 fully saturated rings. The molecule has 8 heterocycles. The van der Waals surface area contributed by atoms with Crippen LogP contribution in [0.5, 0.6) is 0 Å². The molecule has 0 spiro atoms. The van der Waals surface area contributed by atoms with E-state index in [2.05, 4.69) is 40.3 Å². The Bertz CT molecular complexity index is 3270. The molecule has 0 aliphatic carbocycles. The number of nitrogens with two attached hydrogens (primary N) is 1. The molecule has 0 atom stereocenters. The predicted octanol–water partition coefficient (Wildman–Crippen LogP) is 33.2. The number of aryl methyl sites for hydroxylation is 4. The Balaban J connectivity index is -0.0000000410. The zero-order valence-electron chi connectivity index (χ0n) is 60.4. The molecule has 0 radical (unpaired) electrons. The van der Waals surface area contributed by atoms with Crippen molar-refractivity contribution in [1.82, 2.24) is 48.9 Å². The molecule has 2 saturated heterocycles. The first-order valence-electron chi connectivity index (χ1n) is 25.2. The molecule has 10 rings (SSSR count). The van der Waals surface area contributed by atoms with Crippen molar-refractivity contribution in [2.24, 2.45) is 0 Å². The molecule has 21 nitrogen and oxygen atoms in total. The third-order valence-electron chi connectivity index (χ3n) is 11.3. The summed E-state index contributed by atoms with van der Waals surface area (Å²) in [7, 11) is 2.72. The maximum Gasteiger partial charge on any atom is 0.409 e. The Morgan fingerprint density at radius 1 is 0.377 bits per heavy atom. The van der Waals surface area contributed by atoms with E-state index in [1.807, 2.05) is 94.6 Å². The minimum Gasteiger partial charge on any atom is -0.477 e. The first-order chi connectivity index (χ1) is 62.2. The molecule has 0 bridgehead atoms. The molecule has 2 aromatic carbocycles. The third kappa shape index (κ3) is 87.2. The average molecular weight is 2100 g/mol. The second-order valence-electron chi connectivity index (χ2n) is 16.1. The fourth-order valence-corrected chi connectivity index (χ4v) is 7.22. The van der Waals surface area contributed by atoms with Gasteiger partial charge < -0.3 is 44.5 Å². The van der Waals surface area contributed by atoms with E-state index in [9.17, 15) is 19.2 Å². The maximum absolute atomic E-state index is 13.0. The number of imidazole rings is 2. The van der Waals surface area contributed by atoms with E-state index in [4.69, 9.17) is 299 Å². The summed E-state index contributed by atoms with van der Waals surface area (Å²) in [5, 5.41) is 19.8. The molecule has 3 amide bonds. The molecule has 0 unspecified atom stereocenters. The van der Waals surface area contributed by atoms with Crippen LogP contribution in [0.3, 0.4) is 0 Å². The lowest BCUT2D eigenvalue weighted by atomic mass is 10.0. The van der Waals surface area contributed by atoms with Gasteiger partial charge in [-0.15, -0.1) is 0 Å². The first kappa shape index (κ1) is 190. The van der Waals surface area contributed by atoms with Gasteiger partial charge in [-0.05, 0) is 86.3 Å². The van der Waals surface area contributed by atoms with Gasteiger partial charge >= 0.3 is 18.2 Å². The van der Waals surface area contributed by atoms with E-state index in [-0.39, 0.29) is 55.2 Å². The minimum absolute atomic E-state index is 0. The van der Waals surface area contributed by atoms with Crippen molar-refractivity contribution in [3.8, 4) is 22.8 Å². The molecule has 788 valence electrons. The van der Waals surface area contributed by atoms with E-state index < -0.39 is 5.97 Å². The van der Waals surface area contributed by atoms with Crippen LogP contribution in [-0.4, -0.2) is 118 Å². The summed E-state index contributed by atoms with van der Waals surface area (Å²) in [6, 6.07) is 18.8. The molecule has 2 aliphatic rings. The molecular formula is C48H55F61N12O9. The van der Waals surface area contributed by atoms with Crippen LogP contribution in [-0.2, 0) is 9.47 Å². The summed E-state index contributed by atoms with van der Waals surface area (Å²) < 4.78 is 503. The highest BCUT2D eigenvalue weighted by atomic mass is 20.1. The van der Waals surface area contributed by atoms with Crippen molar-refractivity contribution in [3.05, 3.63) is 131 Å². The number of rotatable bonds is 7. The highest BCUT2D eigenvalue weighted by molar-refractivity contribution is 6.04. The van der Waals surface area contributed by atoms with E-state index in [1.54, 1.807) is 31.0 Å². The van der Waals surface area contributed by atoms with Gasteiger partial charge in [-0.1, -0.05) is 49.4 Å². The molecule has 4 N–H and O–H groups in total. The van der Waals surface area contributed by atoms with Crippen molar-refractivity contribution in [2.45, 2.75) is 54.4 Å². The zero-order valence-corrected chi connectivity index (χ0v) is 60.4. The summed E-state index contributed by atoms with van der Waals surface area (Å²) in [6.45, 7) is 9.78. The van der Waals surface area contributed by atoms with Crippen molar-refractivity contribution >= 4 is 46.7 Å². The predicted molar refractivity (Wildman–Crippen MR) is 324 cm³/mol. The number of amides is 3. The van der Waals surface area contributed by atoms with Crippen LogP contribution in [0.2, 0.25) is 0 Å². The lowest BCUT2D eigenvalue weighted by molar-refractivity contribution is 0.0688. The van der Waals surface area contributed by atoms with Gasteiger partial charge in [-0.2, -0.15) is 9.97 Å². The fraction of sp³-hybridized carbons (Fsp3) is 0.292. The number of fused-ring (bicyclic) bond motifs is 2. The third-order valence-corrected chi connectivity index (χ3v) is 11.3. The van der Waals surface area contributed by atoms with Gasteiger partial charge in [-0.3, -0.25) is 18.3 Å². The van der Waals surface area contributed by atoms with Gasteiger partial charge in [0.05, 0.1) is 38.4 Å². The SMILES string of the molecule is C.C.COC(=O)N1CC(c2nc(-c3ccc(C)c(N)c3)no2)C1.COC(=O)N1CC(c2nc(-c3ccc(C)c(NC(=O)c4cnc5cc(C)ccn45)c3)no2)C1.Cc1ccn2c(C(=O)O)cnc2c1.F.FF.FF.FF.FF.FF.FF.FF.FF.FF.FF.FF.FF.FF.FF.FF.FF.FF.FF.FF.FF.FF.FF.FF.FF.FF.FF.FF.FF.FF.FF. The number of aromatic nitrogens is 8. The molecule has 82 heteroatoms. The summed E-state index contributed by atoms with van der Waals surface area (Å²) in [5.74, 6) is 0.744. The number of benzene rings is 2. The van der Waals surface area contributed by atoms with Gasteiger partial charge in [-0.25, -0.2) is 24.4 Å². The number of carbonyl (C=O) groups excluding carboxylic acids is 3. The van der Waals surface area contributed by atoms with Crippen molar-refractivity contribution in [3.63, 3.8) is 0 Å². The second kappa shape index (κ2) is 174. The quantitative estimate of drug-likeness (QED) is 0.0989. The number of nitrogens with zero attached hydrogens (tertiary/aromatic N) is 10. The largest absolute Gasteiger partial charge is 0.477 e. The van der Waals surface area contributed by atoms with Gasteiger partial charge in [0.1, 0.15) is 17.0 Å². The number of carboxylic acids is 1. The number of likely N-dealkylation sites (tertiary alicyclic amines) is 2. The number of methoxy groups -OCH3 is 2. The fourth-order valence-electron chi connectivity index (χ4n) is 7.22. The van der Waals surface area contributed by atoms with Crippen molar-refractivity contribution < 1.29 is 322 Å². The minimum atomic E-state index is -0.962. The average Bonchev–Trinajstić information content (AvgIpc) is 1.63. The van der Waals surface area contributed by atoms with Gasteiger partial charge in [0.15, 0.2) is 5.69 Å². The molecule has 8 aromatic rings. The summed E-state index contributed by atoms with van der Waals surface area (Å²) in [6.07, 6.45) is 5.75. The van der Waals surface area contributed by atoms with Crippen LogP contribution < -0.4 is 11.1 Å². The number of halogens is 61. The number of carboxylic acid groups (broad SMARTS) is 1. The van der Waals surface area contributed by atoms with Gasteiger partial charge in [0, 0.05) is 336 Å². The molecule has 0 saturated carbocycles. The summed E-state index contributed by atoms with van der Waals surface area (Å²) >= 11 is 0. The van der Waals surface area contributed by atoms with Crippen LogP contribution in [0, 0.1) is 27.7 Å². The van der Waals surface area contributed by atoms with E-state index >= 15 is 0 Å². The number of carbonyl (C=O) groups is 4. The monoisotopic (exact) mass is 2100 g/mol.